The number of hydrogen-bond donors (Lipinski definition) is 1. The molecule has 2 atom stereocenters. The number of ether oxygens (including phenoxy) is 1. The van der Waals surface area contributed by atoms with Crippen LogP contribution in [-0.4, -0.2) is 50.2 Å². The summed E-state index contributed by atoms with van der Waals surface area (Å²) in [7, 11) is 1.73. The van der Waals surface area contributed by atoms with Crippen molar-refractivity contribution < 1.29 is 9.53 Å². The summed E-state index contributed by atoms with van der Waals surface area (Å²) >= 11 is 0. The maximum atomic E-state index is 12.4. The Morgan fingerprint density at radius 3 is 2.88 bits per heavy atom. The summed E-state index contributed by atoms with van der Waals surface area (Å²) in [4.78, 5) is 14.4. The van der Waals surface area contributed by atoms with E-state index in [0.29, 0.717) is 5.91 Å². The molecule has 2 unspecified atom stereocenters. The SMILES string of the molecule is COC1CCCN(C(=O)C2(C)CCNC2)C1.Cl. The van der Waals surface area contributed by atoms with E-state index in [1.165, 1.54) is 0 Å². The lowest BCUT2D eigenvalue weighted by Gasteiger charge is -2.36. The van der Waals surface area contributed by atoms with Gasteiger partial charge < -0.3 is 15.0 Å². The molecule has 0 aliphatic carbocycles. The molecule has 2 aliphatic heterocycles. The average Bonchev–Trinajstić information content (AvgIpc) is 2.76. The standard InChI is InChI=1S/C12H22N2O2.ClH/c1-12(5-6-13-9-12)11(15)14-7-3-4-10(8-14)16-2;/h10,13H,3-9H2,1-2H3;1H. The Morgan fingerprint density at radius 2 is 2.29 bits per heavy atom. The molecule has 17 heavy (non-hydrogen) atoms. The third-order valence-corrected chi connectivity index (χ3v) is 3.88. The van der Waals surface area contributed by atoms with Gasteiger partial charge in [0.05, 0.1) is 11.5 Å². The highest BCUT2D eigenvalue weighted by atomic mass is 35.5. The molecule has 100 valence electrons. The molecule has 0 aromatic heterocycles. The summed E-state index contributed by atoms with van der Waals surface area (Å²) in [6, 6.07) is 0. The molecule has 0 spiro atoms. The molecule has 5 heteroatoms. The second-order valence-electron chi connectivity index (χ2n) is 5.24. The summed E-state index contributed by atoms with van der Waals surface area (Å²) in [5.74, 6) is 0.305. The number of methoxy groups -OCH3 is 1. The molecule has 0 radical (unpaired) electrons. The van der Waals surface area contributed by atoms with E-state index in [1.807, 2.05) is 4.90 Å². The van der Waals surface area contributed by atoms with Crippen LogP contribution in [0.2, 0.25) is 0 Å². The third kappa shape index (κ3) is 3.12. The number of amides is 1. The first-order valence-electron chi connectivity index (χ1n) is 6.18. The number of carbonyl (C=O) groups excluding carboxylic acids is 1. The highest BCUT2D eigenvalue weighted by Gasteiger charge is 2.40. The minimum Gasteiger partial charge on any atom is -0.380 e. The average molecular weight is 263 g/mol. The van der Waals surface area contributed by atoms with Crippen LogP contribution in [0.15, 0.2) is 0 Å². The molecule has 1 amide bonds. The molecule has 2 aliphatic rings. The van der Waals surface area contributed by atoms with Crippen molar-refractivity contribution in [3.63, 3.8) is 0 Å². The smallest absolute Gasteiger partial charge is 0.229 e. The van der Waals surface area contributed by atoms with E-state index in [4.69, 9.17) is 4.74 Å². The second kappa shape index (κ2) is 6.03. The molecule has 2 heterocycles. The predicted molar refractivity (Wildman–Crippen MR) is 69.5 cm³/mol. The lowest BCUT2D eigenvalue weighted by atomic mass is 9.87. The monoisotopic (exact) mass is 262 g/mol. The number of halogens is 1. The topological polar surface area (TPSA) is 41.6 Å². The first-order valence-corrected chi connectivity index (χ1v) is 6.18. The van der Waals surface area contributed by atoms with E-state index in [2.05, 4.69) is 12.2 Å². The summed E-state index contributed by atoms with van der Waals surface area (Å²) in [6.45, 7) is 5.52. The number of hydrogen-bond acceptors (Lipinski definition) is 3. The first-order chi connectivity index (χ1) is 7.65. The van der Waals surface area contributed by atoms with Crippen molar-refractivity contribution in [1.29, 1.82) is 0 Å². The van der Waals surface area contributed by atoms with E-state index in [0.717, 1.165) is 45.4 Å². The van der Waals surface area contributed by atoms with Crippen LogP contribution in [0.1, 0.15) is 26.2 Å². The second-order valence-corrected chi connectivity index (χ2v) is 5.24. The summed E-state index contributed by atoms with van der Waals surface area (Å²) in [5.41, 5.74) is -0.185. The highest BCUT2D eigenvalue weighted by Crippen LogP contribution is 2.28. The molecular formula is C12H23ClN2O2. The van der Waals surface area contributed by atoms with E-state index in [-0.39, 0.29) is 23.9 Å². The van der Waals surface area contributed by atoms with Gasteiger partial charge in [0.15, 0.2) is 0 Å². The Bertz CT molecular complexity index is 267. The van der Waals surface area contributed by atoms with E-state index >= 15 is 0 Å². The summed E-state index contributed by atoms with van der Waals surface area (Å²) in [6.07, 6.45) is 3.33. The first kappa shape index (κ1) is 14.7. The maximum absolute atomic E-state index is 12.4. The fraction of sp³-hybridized carbons (Fsp3) is 0.917. The molecular weight excluding hydrogens is 240 g/mol. The van der Waals surface area contributed by atoms with Crippen LogP contribution < -0.4 is 5.32 Å². The Kier molecular flexibility index (Phi) is 5.22. The van der Waals surface area contributed by atoms with Crippen molar-refractivity contribution in [2.45, 2.75) is 32.3 Å². The van der Waals surface area contributed by atoms with Crippen LogP contribution in [0.4, 0.5) is 0 Å². The van der Waals surface area contributed by atoms with Crippen LogP contribution in [0.3, 0.4) is 0 Å². The number of piperidine rings is 1. The van der Waals surface area contributed by atoms with E-state index < -0.39 is 0 Å². The Hall–Kier alpha value is -0.320. The lowest BCUT2D eigenvalue weighted by molar-refractivity contribution is -0.143. The van der Waals surface area contributed by atoms with Gasteiger partial charge in [0, 0.05) is 26.7 Å². The summed E-state index contributed by atoms with van der Waals surface area (Å²) < 4.78 is 5.36. The highest BCUT2D eigenvalue weighted by molar-refractivity contribution is 5.85. The lowest BCUT2D eigenvalue weighted by Crippen LogP contribution is -2.49. The van der Waals surface area contributed by atoms with Gasteiger partial charge >= 0.3 is 0 Å². The largest absolute Gasteiger partial charge is 0.380 e. The van der Waals surface area contributed by atoms with Crippen LogP contribution in [0, 0.1) is 5.41 Å². The van der Waals surface area contributed by atoms with E-state index in [1.54, 1.807) is 7.11 Å². The normalized spacial score (nSPS) is 33.3. The fourth-order valence-corrected chi connectivity index (χ4v) is 2.70. The molecule has 0 saturated carbocycles. The van der Waals surface area contributed by atoms with Crippen molar-refractivity contribution in [2.75, 3.05) is 33.3 Å². The molecule has 2 saturated heterocycles. The molecule has 0 aromatic carbocycles. The maximum Gasteiger partial charge on any atom is 0.229 e. The van der Waals surface area contributed by atoms with Gasteiger partial charge in [0.25, 0.3) is 0 Å². The van der Waals surface area contributed by atoms with Gasteiger partial charge in [0.2, 0.25) is 5.91 Å². The molecule has 2 rings (SSSR count). The minimum absolute atomic E-state index is 0. The number of carbonyl (C=O) groups is 1. The third-order valence-electron chi connectivity index (χ3n) is 3.88. The van der Waals surface area contributed by atoms with Gasteiger partial charge in [-0.2, -0.15) is 0 Å². The quantitative estimate of drug-likeness (QED) is 0.809. The van der Waals surface area contributed by atoms with Gasteiger partial charge in [-0.15, -0.1) is 12.4 Å². The van der Waals surface area contributed by atoms with Gasteiger partial charge in [-0.25, -0.2) is 0 Å². The zero-order valence-corrected chi connectivity index (χ0v) is 11.5. The van der Waals surface area contributed by atoms with Gasteiger partial charge in [-0.05, 0) is 32.7 Å². The number of nitrogens with zero attached hydrogens (tertiary/aromatic N) is 1. The number of nitrogens with one attached hydrogen (secondary N) is 1. The van der Waals surface area contributed by atoms with Crippen molar-refractivity contribution in [1.82, 2.24) is 10.2 Å². The molecule has 0 bridgehead atoms. The molecule has 1 N–H and O–H groups in total. The van der Waals surface area contributed by atoms with Gasteiger partial charge in [0.1, 0.15) is 0 Å². The summed E-state index contributed by atoms with van der Waals surface area (Å²) in [5, 5.41) is 3.28. The zero-order chi connectivity index (χ0) is 11.6. The molecule has 4 nitrogen and oxygen atoms in total. The van der Waals surface area contributed by atoms with Crippen molar-refractivity contribution >= 4 is 18.3 Å². The zero-order valence-electron chi connectivity index (χ0n) is 10.7. The Balaban J connectivity index is 0.00000144. The van der Waals surface area contributed by atoms with Crippen LogP contribution >= 0.6 is 12.4 Å². The Morgan fingerprint density at radius 1 is 1.53 bits per heavy atom. The number of rotatable bonds is 2. The molecule has 0 aromatic rings. The minimum atomic E-state index is -0.185. The van der Waals surface area contributed by atoms with E-state index in [9.17, 15) is 4.79 Å². The number of likely N-dealkylation sites (tertiary alicyclic amines) is 1. The van der Waals surface area contributed by atoms with Crippen LogP contribution in [0.25, 0.3) is 0 Å². The Labute approximate surface area is 109 Å². The van der Waals surface area contributed by atoms with Crippen LogP contribution in [-0.2, 0) is 9.53 Å². The van der Waals surface area contributed by atoms with Gasteiger partial charge in [-0.1, -0.05) is 0 Å². The molecule has 2 fully saturated rings. The van der Waals surface area contributed by atoms with Crippen molar-refractivity contribution in [3.8, 4) is 0 Å². The van der Waals surface area contributed by atoms with Gasteiger partial charge in [-0.3, -0.25) is 4.79 Å². The van der Waals surface area contributed by atoms with Crippen molar-refractivity contribution in [3.05, 3.63) is 0 Å². The predicted octanol–water partition coefficient (Wildman–Crippen LogP) is 1.05. The van der Waals surface area contributed by atoms with Crippen molar-refractivity contribution in [2.24, 2.45) is 5.41 Å². The van der Waals surface area contributed by atoms with Crippen LogP contribution in [0.5, 0.6) is 0 Å². The fourth-order valence-electron chi connectivity index (χ4n) is 2.70.